The van der Waals surface area contributed by atoms with Crippen LogP contribution in [0.1, 0.15) is 38.3 Å². The molecule has 0 aromatic carbocycles. The third-order valence-corrected chi connectivity index (χ3v) is 6.07. The molecule has 0 radical (unpaired) electrons. The van der Waals surface area contributed by atoms with Crippen molar-refractivity contribution in [1.82, 2.24) is 9.97 Å². The highest BCUT2D eigenvalue weighted by molar-refractivity contribution is 5.69. The fourth-order valence-electron chi connectivity index (χ4n) is 4.48. The Morgan fingerprint density at radius 3 is 2.56 bits per heavy atom. The summed E-state index contributed by atoms with van der Waals surface area (Å²) in [4.78, 5) is 23.2. The van der Waals surface area contributed by atoms with Crippen LogP contribution in [0.5, 0.6) is 0 Å². The second-order valence-corrected chi connectivity index (χ2v) is 8.15. The van der Waals surface area contributed by atoms with E-state index in [1.165, 1.54) is 7.11 Å². The van der Waals surface area contributed by atoms with E-state index in [4.69, 9.17) is 4.74 Å². The molecule has 2 aliphatic heterocycles. The number of halogens is 3. The second-order valence-electron chi connectivity index (χ2n) is 8.15. The summed E-state index contributed by atoms with van der Waals surface area (Å²) in [5, 5.41) is 0. The number of carbonyl (C=O) groups is 1. The highest BCUT2D eigenvalue weighted by atomic mass is 19.4. The molecule has 1 saturated carbocycles. The van der Waals surface area contributed by atoms with Crippen LogP contribution in [0.15, 0.2) is 6.07 Å². The van der Waals surface area contributed by atoms with E-state index in [1.54, 1.807) is 0 Å². The van der Waals surface area contributed by atoms with Crippen LogP contribution in [0.3, 0.4) is 0 Å². The number of aromatic nitrogens is 2. The standard InChI is InChI=1S/C18H23F3N4O2/c1-11-3-4-25(11)16-22-13(18(19,20)21)6-14(23-16)24-9-17(10-24)7-12(8-17)5-15(26)27-2/h6,11-12H,3-5,7-10H2,1-2H3. The maximum absolute atomic E-state index is 13.3. The average Bonchev–Trinajstić information content (AvgIpc) is 2.52. The summed E-state index contributed by atoms with van der Waals surface area (Å²) < 4.78 is 44.5. The molecule has 0 amide bonds. The first-order valence-electron chi connectivity index (χ1n) is 9.24. The van der Waals surface area contributed by atoms with Crippen molar-refractivity contribution < 1.29 is 22.7 Å². The summed E-state index contributed by atoms with van der Waals surface area (Å²) in [6.07, 6.45) is -1.33. The zero-order chi connectivity index (χ0) is 19.4. The molecule has 1 aromatic heterocycles. The van der Waals surface area contributed by atoms with Gasteiger partial charge in [0.05, 0.1) is 7.11 Å². The third kappa shape index (κ3) is 3.32. The van der Waals surface area contributed by atoms with E-state index >= 15 is 0 Å². The first kappa shape index (κ1) is 18.3. The van der Waals surface area contributed by atoms with Crippen molar-refractivity contribution in [1.29, 1.82) is 0 Å². The van der Waals surface area contributed by atoms with E-state index < -0.39 is 11.9 Å². The van der Waals surface area contributed by atoms with E-state index in [2.05, 4.69) is 9.97 Å². The summed E-state index contributed by atoms with van der Waals surface area (Å²) in [5.74, 6) is 0.614. The molecule has 1 aliphatic carbocycles. The van der Waals surface area contributed by atoms with Crippen LogP contribution in [0.25, 0.3) is 0 Å². The van der Waals surface area contributed by atoms with Crippen LogP contribution >= 0.6 is 0 Å². The predicted molar refractivity (Wildman–Crippen MR) is 92.5 cm³/mol. The van der Waals surface area contributed by atoms with Crippen molar-refractivity contribution >= 4 is 17.7 Å². The van der Waals surface area contributed by atoms with Gasteiger partial charge in [0.15, 0.2) is 5.69 Å². The number of ether oxygens (including phenoxy) is 1. The fourth-order valence-corrected chi connectivity index (χ4v) is 4.48. The lowest BCUT2D eigenvalue weighted by Crippen LogP contribution is -2.63. The molecule has 1 unspecified atom stereocenters. The minimum absolute atomic E-state index is 0.103. The molecule has 6 nitrogen and oxygen atoms in total. The van der Waals surface area contributed by atoms with Gasteiger partial charge in [-0.05, 0) is 32.1 Å². The number of alkyl halides is 3. The number of hydrogen-bond donors (Lipinski definition) is 0. The van der Waals surface area contributed by atoms with Gasteiger partial charge < -0.3 is 14.5 Å². The van der Waals surface area contributed by atoms with Gasteiger partial charge in [-0.2, -0.15) is 18.2 Å². The zero-order valence-corrected chi connectivity index (χ0v) is 15.4. The van der Waals surface area contributed by atoms with Crippen molar-refractivity contribution in [2.75, 3.05) is 36.5 Å². The number of carbonyl (C=O) groups excluding carboxylic acids is 1. The number of rotatable bonds is 4. The van der Waals surface area contributed by atoms with Gasteiger partial charge in [-0.1, -0.05) is 0 Å². The van der Waals surface area contributed by atoms with E-state index in [1.807, 2.05) is 16.7 Å². The lowest BCUT2D eigenvalue weighted by Gasteiger charge is -2.59. The highest BCUT2D eigenvalue weighted by Crippen LogP contribution is 2.54. The fraction of sp³-hybridized carbons (Fsp3) is 0.722. The molecule has 1 atom stereocenters. The maximum atomic E-state index is 13.3. The SMILES string of the molecule is COC(=O)CC1CC2(C1)CN(c1cc(C(F)(F)F)nc(N3CCC3C)n1)C2. The van der Waals surface area contributed by atoms with Gasteiger partial charge in [-0.3, -0.25) is 4.79 Å². The van der Waals surface area contributed by atoms with Crippen molar-refractivity contribution in [3.05, 3.63) is 11.8 Å². The number of methoxy groups -OCH3 is 1. The van der Waals surface area contributed by atoms with Gasteiger partial charge in [-0.25, -0.2) is 4.98 Å². The Morgan fingerprint density at radius 1 is 1.33 bits per heavy atom. The quantitative estimate of drug-likeness (QED) is 0.744. The first-order chi connectivity index (χ1) is 12.7. The first-order valence-corrected chi connectivity index (χ1v) is 9.24. The Balaban J connectivity index is 1.45. The van der Waals surface area contributed by atoms with Gasteiger partial charge in [0.25, 0.3) is 0 Å². The summed E-state index contributed by atoms with van der Waals surface area (Å²) in [6, 6.07) is 1.21. The van der Waals surface area contributed by atoms with Gasteiger partial charge in [0.2, 0.25) is 5.95 Å². The lowest BCUT2D eigenvalue weighted by molar-refractivity contribution is -0.144. The van der Waals surface area contributed by atoms with E-state index in [0.717, 1.165) is 25.3 Å². The van der Waals surface area contributed by atoms with Crippen molar-refractivity contribution in [2.45, 2.75) is 44.8 Å². The topological polar surface area (TPSA) is 58.6 Å². The van der Waals surface area contributed by atoms with Gasteiger partial charge >= 0.3 is 12.1 Å². The molecule has 1 spiro atoms. The summed E-state index contributed by atoms with van der Waals surface area (Å²) in [5.41, 5.74) is -0.786. The van der Waals surface area contributed by atoms with E-state index in [0.29, 0.717) is 37.8 Å². The molecule has 148 valence electrons. The maximum Gasteiger partial charge on any atom is 0.433 e. The van der Waals surface area contributed by atoms with Gasteiger partial charge in [0.1, 0.15) is 5.82 Å². The number of nitrogens with zero attached hydrogens (tertiary/aromatic N) is 4. The lowest BCUT2D eigenvalue weighted by atomic mass is 9.57. The molecule has 3 heterocycles. The third-order valence-electron chi connectivity index (χ3n) is 6.07. The normalized spacial score (nSPS) is 24.3. The highest BCUT2D eigenvalue weighted by Gasteiger charge is 2.53. The Labute approximate surface area is 155 Å². The number of hydrogen-bond acceptors (Lipinski definition) is 6. The van der Waals surface area contributed by atoms with Crippen LogP contribution in [-0.4, -0.2) is 48.7 Å². The molecular weight excluding hydrogens is 361 g/mol. The van der Waals surface area contributed by atoms with Crippen LogP contribution < -0.4 is 9.80 Å². The second kappa shape index (κ2) is 6.24. The molecule has 1 aromatic rings. The Morgan fingerprint density at radius 2 is 2.04 bits per heavy atom. The largest absolute Gasteiger partial charge is 0.469 e. The molecule has 2 saturated heterocycles. The van der Waals surface area contributed by atoms with Gasteiger partial charge in [-0.15, -0.1) is 0 Å². The minimum Gasteiger partial charge on any atom is -0.469 e. The molecular formula is C18H23F3N4O2. The van der Waals surface area contributed by atoms with Crippen molar-refractivity contribution in [3.8, 4) is 0 Å². The zero-order valence-electron chi connectivity index (χ0n) is 15.4. The number of esters is 1. The Hall–Kier alpha value is -2.06. The van der Waals surface area contributed by atoms with Gasteiger partial charge in [0, 0.05) is 43.6 Å². The van der Waals surface area contributed by atoms with Crippen LogP contribution in [0.4, 0.5) is 24.9 Å². The van der Waals surface area contributed by atoms with E-state index in [9.17, 15) is 18.0 Å². The van der Waals surface area contributed by atoms with Crippen LogP contribution in [0, 0.1) is 11.3 Å². The van der Waals surface area contributed by atoms with Crippen LogP contribution in [0.2, 0.25) is 0 Å². The number of anilines is 2. The Bertz CT molecular complexity index is 741. The molecule has 0 N–H and O–H groups in total. The molecule has 3 fully saturated rings. The molecule has 3 aliphatic rings. The summed E-state index contributed by atoms with van der Waals surface area (Å²) in [7, 11) is 1.38. The molecule has 9 heteroatoms. The van der Waals surface area contributed by atoms with Crippen LogP contribution in [-0.2, 0) is 15.7 Å². The Kier molecular flexibility index (Phi) is 4.23. The molecule has 4 rings (SSSR count). The van der Waals surface area contributed by atoms with Crippen molar-refractivity contribution in [2.24, 2.45) is 11.3 Å². The minimum atomic E-state index is -4.49. The molecule has 0 bridgehead atoms. The van der Waals surface area contributed by atoms with Crippen molar-refractivity contribution in [3.63, 3.8) is 0 Å². The molecule has 27 heavy (non-hydrogen) atoms. The summed E-state index contributed by atoms with van der Waals surface area (Å²) in [6.45, 7) is 3.99. The van der Waals surface area contributed by atoms with E-state index in [-0.39, 0.29) is 23.4 Å². The predicted octanol–water partition coefficient (Wildman–Crippen LogP) is 2.87. The summed E-state index contributed by atoms with van der Waals surface area (Å²) >= 11 is 0. The average molecular weight is 384 g/mol. The monoisotopic (exact) mass is 384 g/mol. The smallest absolute Gasteiger partial charge is 0.433 e.